The molecule has 0 spiro atoms. The standard InChI is InChI=1S/C10H14N2OS/c1-6-4-7(2)9(8(14)5-6)12(3)10(11)13/h4-5,14H,1-3H3,(H2,11,13). The summed E-state index contributed by atoms with van der Waals surface area (Å²) in [6.07, 6.45) is 0. The number of anilines is 1. The minimum Gasteiger partial charge on any atom is -0.351 e. The summed E-state index contributed by atoms with van der Waals surface area (Å²) >= 11 is 4.32. The number of primary amides is 1. The normalized spacial score (nSPS) is 10.0. The highest BCUT2D eigenvalue weighted by atomic mass is 32.1. The van der Waals surface area contributed by atoms with Crippen molar-refractivity contribution in [1.82, 2.24) is 0 Å². The van der Waals surface area contributed by atoms with Gasteiger partial charge in [0.05, 0.1) is 5.69 Å². The second-order valence-corrected chi connectivity index (χ2v) is 3.83. The van der Waals surface area contributed by atoms with Gasteiger partial charge in [-0.05, 0) is 31.0 Å². The van der Waals surface area contributed by atoms with Crippen LogP contribution in [0.1, 0.15) is 11.1 Å². The molecule has 0 aliphatic rings. The van der Waals surface area contributed by atoms with Crippen LogP contribution < -0.4 is 10.6 Å². The van der Waals surface area contributed by atoms with E-state index in [0.717, 1.165) is 21.7 Å². The molecule has 0 bridgehead atoms. The highest BCUT2D eigenvalue weighted by molar-refractivity contribution is 7.80. The number of nitrogens with two attached hydrogens (primary N) is 1. The zero-order valence-corrected chi connectivity index (χ0v) is 9.43. The van der Waals surface area contributed by atoms with E-state index in [1.165, 1.54) is 4.90 Å². The van der Waals surface area contributed by atoms with E-state index in [1.54, 1.807) is 7.05 Å². The van der Waals surface area contributed by atoms with Crippen LogP contribution in [0.5, 0.6) is 0 Å². The first-order valence-electron chi connectivity index (χ1n) is 4.27. The summed E-state index contributed by atoms with van der Waals surface area (Å²) < 4.78 is 0. The van der Waals surface area contributed by atoms with Gasteiger partial charge >= 0.3 is 6.03 Å². The van der Waals surface area contributed by atoms with Crippen molar-refractivity contribution >= 4 is 24.3 Å². The van der Waals surface area contributed by atoms with Gasteiger partial charge in [-0.3, -0.25) is 4.90 Å². The molecule has 1 rings (SSSR count). The molecule has 0 saturated carbocycles. The molecule has 1 aromatic rings. The van der Waals surface area contributed by atoms with Gasteiger partial charge in [-0.25, -0.2) is 4.79 Å². The first-order valence-corrected chi connectivity index (χ1v) is 4.71. The summed E-state index contributed by atoms with van der Waals surface area (Å²) in [5.41, 5.74) is 8.08. The fraction of sp³-hybridized carbons (Fsp3) is 0.300. The van der Waals surface area contributed by atoms with Gasteiger partial charge in [0.15, 0.2) is 0 Å². The van der Waals surface area contributed by atoms with Gasteiger partial charge in [-0.2, -0.15) is 0 Å². The van der Waals surface area contributed by atoms with Crippen molar-refractivity contribution in [1.29, 1.82) is 0 Å². The Balaban J connectivity index is 3.27. The van der Waals surface area contributed by atoms with Gasteiger partial charge in [0.2, 0.25) is 0 Å². The molecule has 14 heavy (non-hydrogen) atoms. The van der Waals surface area contributed by atoms with Crippen molar-refractivity contribution in [2.75, 3.05) is 11.9 Å². The number of benzene rings is 1. The molecule has 3 nitrogen and oxygen atoms in total. The summed E-state index contributed by atoms with van der Waals surface area (Å²) in [5.74, 6) is 0. The Labute approximate surface area is 89.3 Å². The smallest absolute Gasteiger partial charge is 0.319 e. The van der Waals surface area contributed by atoms with Crippen molar-refractivity contribution in [2.24, 2.45) is 5.73 Å². The van der Waals surface area contributed by atoms with Crippen LogP contribution in [0.3, 0.4) is 0 Å². The molecule has 0 fully saturated rings. The Morgan fingerprint density at radius 2 is 2.00 bits per heavy atom. The van der Waals surface area contributed by atoms with Crippen LogP contribution >= 0.6 is 12.6 Å². The van der Waals surface area contributed by atoms with Gasteiger partial charge in [0.25, 0.3) is 0 Å². The summed E-state index contributed by atoms with van der Waals surface area (Å²) in [6.45, 7) is 3.92. The predicted octanol–water partition coefficient (Wildman–Crippen LogP) is 2.11. The van der Waals surface area contributed by atoms with Crippen LogP contribution in [0.15, 0.2) is 17.0 Å². The van der Waals surface area contributed by atoms with Gasteiger partial charge in [0.1, 0.15) is 0 Å². The summed E-state index contributed by atoms with van der Waals surface area (Å²) in [5, 5.41) is 0. The van der Waals surface area contributed by atoms with Crippen molar-refractivity contribution in [3.05, 3.63) is 23.3 Å². The van der Waals surface area contributed by atoms with Crippen LogP contribution in [0.4, 0.5) is 10.5 Å². The Hall–Kier alpha value is -1.16. The van der Waals surface area contributed by atoms with E-state index in [-0.39, 0.29) is 0 Å². The molecule has 2 amide bonds. The predicted molar refractivity (Wildman–Crippen MR) is 61.2 cm³/mol. The third-order valence-corrected chi connectivity index (χ3v) is 2.43. The largest absolute Gasteiger partial charge is 0.351 e. The first-order chi connectivity index (χ1) is 6.43. The fourth-order valence-corrected chi connectivity index (χ4v) is 2.01. The number of carbonyl (C=O) groups excluding carboxylic acids is 1. The Bertz CT molecular complexity index is 353. The number of carbonyl (C=O) groups is 1. The average Bonchev–Trinajstić information content (AvgIpc) is 2.01. The van der Waals surface area contributed by atoms with Crippen molar-refractivity contribution in [3.8, 4) is 0 Å². The lowest BCUT2D eigenvalue weighted by atomic mass is 10.1. The fourth-order valence-electron chi connectivity index (χ4n) is 1.48. The van der Waals surface area contributed by atoms with E-state index in [1.807, 2.05) is 26.0 Å². The molecule has 2 N–H and O–H groups in total. The van der Waals surface area contributed by atoms with Crippen LogP contribution in [-0.4, -0.2) is 13.1 Å². The molecule has 0 aliphatic heterocycles. The average molecular weight is 210 g/mol. The van der Waals surface area contributed by atoms with Gasteiger partial charge in [-0.15, -0.1) is 12.6 Å². The zero-order chi connectivity index (χ0) is 10.9. The monoisotopic (exact) mass is 210 g/mol. The van der Waals surface area contributed by atoms with Gasteiger partial charge in [0, 0.05) is 11.9 Å². The summed E-state index contributed by atoms with van der Waals surface area (Å²) in [6, 6.07) is 3.42. The molecule has 0 radical (unpaired) electrons. The number of urea groups is 1. The van der Waals surface area contributed by atoms with E-state index in [0.29, 0.717) is 0 Å². The number of aryl methyl sites for hydroxylation is 2. The highest BCUT2D eigenvalue weighted by Gasteiger charge is 2.12. The van der Waals surface area contributed by atoms with Gasteiger partial charge < -0.3 is 5.73 Å². The molecular weight excluding hydrogens is 196 g/mol. The minimum atomic E-state index is -0.479. The number of hydrogen-bond acceptors (Lipinski definition) is 2. The van der Waals surface area contributed by atoms with Crippen molar-refractivity contribution in [3.63, 3.8) is 0 Å². The molecule has 0 aromatic heterocycles. The summed E-state index contributed by atoms with van der Waals surface area (Å²) in [4.78, 5) is 13.2. The van der Waals surface area contributed by atoms with Crippen LogP contribution in [0.25, 0.3) is 0 Å². The molecule has 4 heteroatoms. The molecule has 76 valence electrons. The Kier molecular flexibility index (Phi) is 3.06. The second-order valence-electron chi connectivity index (χ2n) is 3.35. The zero-order valence-electron chi connectivity index (χ0n) is 8.53. The van der Waals surface area contributed by atoms with E-state index in [9.17, 15) is 4.79 Å². The van der Waals surface area contributed by atoms with Crippen LogP contribution in [-0.2, 0) is 0 Å². The molecule has 0 saturated heterocycles. The lowest BCUT2D eigenvalue weighted by Gasteiger charge is -2.19. The quantitative estimate of drug-likeness (QED) is 0.685. The first kappa shape index (κ1) is 10.9. The van der Waals surface area contributed by atoms with E-state index < -0.39 is 6.03 Å². The lowest BCUT2D eigenvalue weighted by Crippen LogP contribution is -2.32. The van der Waals surface area contributed by atoms with E-state index >= 15 is 0 Å². The molecule has 0 unspecified atom stereocenters. The van der Waals surface area contributed by atoms with E-state index in [2.05, 4.69) is 12.6 Å². The second kappa shape index (κ2) is 3.92. The third kappa shape index (κ3) is 2.01. The van der Waals surface area contributed by atoms with Crippen LogP contribution in [0.2, 0.25) is 0 Å². The number of nitrogens with zero attached hydrogens (tertiary/aromatic N) is 1. The van der Waals surface area contributed by atoms with Crippen molar-refractivity contribution in [2.45, 2.75) is 18.7 Å². The highest BCUT2D eigenvalue weighted by Crippen LogP contribution is 2.28. The third-order valence-electron chi connectivity index (χ3n) is 2.09. The van der Waals surface area contributed by atoms with Gasteiger partial charge in [-0.1, -0.05) is 6.07 Å². The number of thiol groups is 1. The number of hydrogen-bond donors (Lipinski definition) is 2. The molecule has 0 aliphatic carbocycles. The Morgan fingerprint density at radius 3 is 2.43 bits per heavy atom. The molecule has 0 heterocycles. The molecule has 0 atom stereocenters. The van der Waals surface area contributed by atoms with E-state index in [4.69, 9.17) is 5.73 Å². The molecular formula is C10H14N2OS. The number of rotatable bonds is 1. The maximum absolute atomic E-state index is 11.0. The van der Waals surface area contributed by atoms with Crippen molar-refractivity contribution < 1.29 is 4.79 Å². The molecule has 1 aromatic carbocycles. The number of amides is 2. The maximum Gasteiger partial charge on any atom is 0.319 e. The maximum atomic E-state index is 11.0. The SMILES string of the molecule is Cc1cc(C)c(N(C)C(N)=O)c(S)c1. The lowest BCUT2D eigenvalue weighted by molar-refractivity contribution is 0.255. The summed E-state index contributed by atoms with van der Waals surface area (Å²) in [7, 11) is 1.64. The van der Waals surface area contributed by atoms with Crippen LogP contribution in [0, 0.1) is 13.8 Å². The Morgan fingerprint density at radius 1 is 1.43 bits per heavy atom. The minimum absolute atomic E-state index is 0.479. The topological polar surface area (TPSA) is 46.3 Å².